The lowest BCUT2D eigenvalue weighted by atomic mass is 10.1. The standard InChI is InChI=1S/C21H16ClN3O4S/c1-13-7-8-15(12-17(13)22)23-20(26)18(24-21(27)19-6-3-9-30-19)11-14-4-2-5-16(10-14)25(28)29/h2-12H,1H3,(H,23,26)(H,24,27)/b18-11-. The maximum Gasteiger partial charge on any atom is 0.272 e. The third-order valence-corrected chi connectivity index (χ3v) is 5.34. The van der Waals surface area contributed by atoms with Crippen LogP contribution in [-0.4, -0.2) is 16.7 Å². The molecule has 1 heterocycles. The van der Waals surface area contributed by atoms with Crippen molar-refractivity contribution >= 4 is 52.2 Å². The van der Waals surface area contributed by atoms with Gasteiger partial charge in [0.2, 0.25) is 0 Å². The summed E-state index contributed by atoms with van der Waals surface area (Å²) in [6.07, 6.45) is 1.38. The zero-order valence-corrected chi connectivity index (χ0v) is 17.3. The Morgan fingerprint density at radius 1 is 1.13 bits per heavy atom. The second kappa shape index (κ2) is 9.34. The zero-order chi connectivity index (χ0) is 21.7. The molecular weight excluding hydrogens is 426 g/mol. The quantitative estimate of drug-likeness (QED) is 0.318. The molecule has 0 fully saturated rings. The largest absolute Gasteiger partial charge is 0.321 e. The van der Waals surface area contributed by atoms with Crippen molar-refractivity contribution in [3.05, 3.63) is 96.8 Å². The second-order valence-electron chi connectivity index (χ2n) is 6.26. The fourth-order valence-corrected chi connectivity index (χ4v) is 3.31. The minimum absolute atomic E-state index is 0.0643. The zero-order valence-electron chi connectivity index (χ0n) is 15.7. The Kier molecular flexibility index (Phi) is 6.61. The number of nitro benzene ring substituents is 1. The van der Waals surface area contributed by atoms with Crippen molar-refractivity contribution < 1.29 is 14.5 Å². The highest BCUT2D eigenvalue weighted by Gasteiger charge is 2.16. The normalized spacial score (nSPS) is 11.1. The van der Waals surface area contributed by atoms with Crippen molar-refractivity contribution in [2.45, 2.75) is 6.92 Å². The van der Waals surface area contributed by atoms with Gasteiger partial charge in [0.25, 0.3) is 17.5 Å². The first-order valence-electron chi connectivity index (χ1n) is 8.72. The van der Waals surface area contributed by atoms with Crippen LogP contribution in [0.3, 0.4) is 0 Å². The number of nitro groups is 1. The summed E-state index contributed by atoms with van der Waals surface area (Å²) in [6, 6.07) is 14.1. The molecule has 1 aromatic heterocycles. The number of benzene rings is 2. The van der Waals surface area contributed by atoms with Gasteiger partial charge in [0.15, 0.2) is 0 Å². The number of carbonyl (C=O) groups is 2. The number of hydrogen-bond acceptors (Lipinski definition) is 5. The molecule has 2 amide bonds. The van der Waals surface area contributed by atoms with Crippen molar-refractivity contribution in [2.75, 3.05) is 5.32 Å². The van der Waals surface area contributed by atoms with E-state index in [0.717, 1.165) is 5.56 Å². The molecule has 0 saturated heterocycles. The van der Waals surface area contributed by atoms with E-state index < -0.39 is 16.7 Å². The van der Waals surface area contributed by atoms with E-state index in [1.165, 1.54) is 35.6 Å². The van der Waals surface area contributed by atoms with E-state index >= 15 is 0 Å². The van der Waals surface area contributed by atoms with E-state index in [1.807, 2.05) is 6.92 Å². The lowest BCUT2D eigenvalue weighted by molar-refractivity contribution is -0.384. The molecule has 2 N–H and O–H groups in total. The van der Waals surface area contributed by atoms with Crippen LogP contribution in [-0.2, 0) is 4.79 Å². The van der Waals surface area contributed by atoms with Crippen LogP contribution in [0.1, 0.15) is 20.8 Å². The smallest absolute Gasteiger partial charge is 0.272 e. The van der Waals surface area contributed by atoms with Crippen molar-refractivity contribution in [3.8, 4) is 0 Å². The van der Waals surface area contributed by atoms with Gasteiger partial charge in [0, 0.05) is 22.8 Å². The van der Waals surface area contributed by atoms with Crippen molar-refractivity contribution in [1.82, 2.24) is 5.32 Å². The fourth-order valence-electron chi connectivity index (χ4n) is 2.51. The molecule has 3 rings (SSSR count). The average molecular weight is 442 g/mol. The number of thiophene rings is 1. The Bertz CT molecular complexity index is 1140. The van der Waals surface area contributed by atoms with Gasteiger partial charge in [-0.3, -0.25) is 19.7 Å². The summed E-state index contributed by atoms with van der Waals surface area (Å²) in [7, 11) is 0. The molecule has 152 valence electrons. The van der Waals surface area contributed by atoms with Gasteiger partial charge in [-0.25, -0.2) is 0 Å². The molecule has 0 radical (unpaired) electrons. The van der Waals surface area contributed by atoms with Gasteiger partial charge >= 0.3 is 0 Å². The Hall–Kier alpha value is -3.49. The summed E-state index contributed by atoms with van der Waals surface area (Å²) in [6.45, 7) is 1.84. The van der Waals surface area contributed by atoms with Crippen LogP contribution in [0.15, 0.2) is 65.7 Å². The van der Waals surface area contributed by atoms with Gasteiger partial charge in [-0.15, -0.1) is 11.3 Å². The van der Waals surface area contributed by atoms with Crippen LogP contribution in [0.25, 0.3) is 6.08 Å². The van der Waals surface area contributed by atoms with Gasteiger partial charge in [0.05, 0.1) is 9.80 Å². The molecule has 7 nitrogen and oxygen atoms in total. The fraction of sp³-hybridized carbons (Fsp3) is 0.0476. The van der Waals surface area contributed by atoms with E-state index in [0.29, 0.717) is 21.2 Å². The third kappa shape index (κ3) is 5.31. The summed E-state index contributed by atoms with van der Waals surface area (Å²) in [4.78, 5) is 36.3. The Morgan fingerprint density at radius 2 is 1.93 bits per heavy atom. The van der Waals surface area contributed by atoms with Gasteiger partial charge in [-0.2, -0.15) is 0 Å². The number of anilines is 1. The number of rotatable bonds is 6. The highest BCUT2D eigenvalue weighted by molar-refractivity contribution is 7.12. The highest BCUT2D eigenvalue weighted by Crippen LogP contribution is 2.21. The number of nitrogens with one attached hydrogen (secondary N) is 2. The lowest BCUT2D eigenvalue weighted by Gasteiger charge is -2.11. The first-order valence-corrected chi connectivity index (χ1v) is 9.98. The maximum atomic E-state index is 12.9. The second-order valence-corrected chi connectivity index (χ2v) is 7.61. The number of halogens is 1. The maximum absolute atomic E-state index is 12.9. The molecule has 0 aliphatic carbocycles. The van der Waals surface area contributed by atoms with E-state index in [4.69, 9.17) is 11.6 Å². The predicted octanol–water partition coefficient (Wildman–Crippen LogP) is 5.03. The van der Waals surface area contributed by atoms with E-state index in [2.05, 4.69) is 10.6 Å². The van der Waals surface area contributed by atoms with Gasteiger partial charge in [0.1, 0.15) is 5.70 Å². The molecule has 0 aliphatic rings. The summed E-state index contributed by atoms with van der Waals surface area (Å²) in [5.41, 5.74) is 1.51. The summed E-state index contributed by atoms with van der Waals surface area (Å²) < 4.78 is 0. The molecule has 0 spiro atoms. The number of amides is 2. The summed E-state index contributed by atoms with van der Waals surface area (Å²) in [5.74, 6) is -1.05. The number of carbonyl (C=O) groups excluding carboxylic acids is 2. The van der Waals surface area contributed by atoms with Crippen molar-refractivity contribution in [3.63, 3.8) is 0 Å². The monoisotopic (exact) mass is 441 g/mol. The first-order chi connectivity index (χ1) is 14.3. The summed E-state index contributed by atoms with van der Waals surface area (Å²) >= 11 is 7.33. The van der Waals surface area contributed by atoms with Gasteiger partial charge in [-0.05, 0) is 47.7 Å². The van der Waals surface area contributed by atoms with Crippen LogP contribution in [0.2, 0.25) is 5.02 Å². The lowest BCUT2D eigenvalue weighted by Crippen LogP contribution is -2.30. The molecule has 0 saturated carbocycles. The molecule has 0 unspecified atom stereocenters. The molecule has 3 aromatic rings. The van der Waals surface area contributed by atoms with Crippen LogP contribution >= 0.6 is 22.9 Å². The summed E-state index contributed by atoms with van der Waals surface area (Å²) in [5, 5.41) is 18.5. The Balaban J connectivity index is 1.92. The topological polar surface area (TPSA) is 101 Å². The molecule has 0 bridgehead atoms. The number of hydrogen-bond donors (Lipinski definition) is 2. The molecule has 0 atom stereocenters. The van der Waals surface area contributed by atoms with Crippen molar-refractivity contribution in [1.29, 1.82) is 0 Å². The number of aryl methyl sites for hydroxylation is 1. The molecular formula is C21H16ClN3O4S. The predicted molar refractivity (Wildman–Crippen MR) is 118 cm³/mol. The number of nitrogens with zero attached hydrogens (tertiary/aromatic N) is 1. The molecule has 30 heavy (non-hydrogen) atoms. The molecule has 0 aliphatic heterocycles. The Labute approximate surface area is 181 Å². The van der Waals surface area contributed by atoms with Crippen LogP contribution < -0.4 is 10.6 Å². The van der Waals surface area contributed by atoms with Gasteiger partial charge in [-0.1, -0.05) is 35.9 Å². The van der Waals surface area contributed by atoms with Crippen LogP contribution in [0, 0.1) is 17.0 Å². The van der Waals surface area contributed by atoms with E-state index in [-0.39, 0.29) is 11.4 Å². The average Bonchev–Trinajstić information content (AvgIpc) is 3.25. The van der Waals surface area contributed by atoms with Gasteiger partial charge < -0.3 is 10.6 Å². The third-order valence-electron chi connectivity index (χ3n) is 4.06. The van der Waals surface area contributed by atoms with Crippen molar-refractivity contribution in [2.24, 2.45) is 0 Å². The minimum atomic E-state index is -0.591. The molecule has 9 heteroatoms. The molecule has 2 aromatic carbocycles. The minimum Gasteiger partial charge on any atom is -0.321 e. The SMILES string of the molecule is Cc1ccc(NC(=O)/C(=C/c2cccc([N+](=O)[O-])c2)NC(=O)c2cccs2)cc1Cl. The van der Waals surface area contributed by atoms with E-state index in [9.17, 15) is 19.7 Å². The number of non-ortho nitro benzene ring substituents is 1. The van der Waals surface area contributed by atoms with Crippen LogP contribution in [0.4, 0.5) is 11.4 Å². The van der Waals surface area contributed by atoms with Crippen LogP contribution in [0.5, 0.6) is 0 Å². The van der Waals surface area contributed by atoms with E-state index in [1.54, 1.807) is 41.8 Å². The highest BCUT2D eigenvalue weighted by atomic mass is 35.5. The first kappa shape index (κ1) is 21.2. The Morgan fingerprint density at radius 3 is 2.60 bits per heavy atom.